The molecular formula is C19H28FN3O2S. The van der Waals surface area contributed by atoms with E-state index in [0.717, 1.165) is 30.9 Å². The minimum Gasteiger partial charge on any atom is -0.357 e. The van der Waals surface area contributed by atoms with Gasteiger partial charge in [0.2, 0.25) is 0 Å². The predicted octanol–water partition coefficient (Wildman–Crippen LogP) is 2.33. The highest BCUT2D eigenvalue weighted by Gasteiger charge is 2.45. The second-order valence-electron chi connectivity index (χ2n) is 7.96. The van der Waals surface area contributed by atoms with Crippen LogP contribution in [-0.2, 0) is 15.3 Å². The Balaban J connectivity index is 1.77. The Morgan fingerprint density at radius 1 is 1.27 bits per heavy atom. The van der Waals surface area contributed by atoms with Crippen LogP contribution in [0.4, 0.5) is 4.39 Å². The summed E-state index contributed by atoms with van der Waals surface area (Å²) in [6.07, 6.45) is 2.09. The summed E-state index contributed by atoms with van der Waals surface area (Å²) >= 11 is 0. The van der Waals surface area contributed by atoms with Crippen molar-refractivity contribution in [1.82, 2.24) is 10.2 Å². The van der Waals surface area contributed by atoms with E-state index in [4.69, 9.17) is 4.99 Å². The van der Waals surface area contributed by atoms with E-state index in [-0.39, 0.29) is 17.0 Å². The Kier molecular flexibility index (Phi) is 5.03. The highest BCUT2D eigenvalue weighted by Crippen LogP contribution is 2.48. The second kappa shape index (κ2) is 6.83. The van der Waals surface area contributed by atoms with Gasteiger partial charge in [-0.2, -0.15) is 0 Å². The summed E-state index contributed by atoms with van der Waals surface area (Å²) in [5, 5.41) is 3.30. The second-order valence-corrected chi connectivity index (χ2v) is 10.7. The van der Waals surface area contributed by atoms with Crippen molar-refractivity contribution in [3.05, 3.63) is 35.6 Å². The minimum atomic E-state index is -3.08. The molecule has 2 aliphatic rings. The Morgan fingerprint density at radius 3 is 2.46 bits per heavy atom. The minimum absolute atomic E-state index is 0.00818. The van der Waals surface area contributed by atoms with Crippen molar-refractivity contribution < 1.29 is 12.8 Å². The van der Waals surface area contributed by atoms with Crippen molar-refractivity contribution >= 4 is 15.8 Å². The number of hydrogen-bond acceptors (Lipinski definition) is 3. The maximum Gasteiger partial charge on any atom is 0.194 e. The highest BCUT2D eigenvalue weighted by molar-refractivity contribution is 7.92. The summed E-state index contributed by atoms with van der Waals surface area (Å²) in [5.41, 5.74) is 1.12. The molecule has 1 saturated carbocycles. The van der Waals surface area contributed by atoms with Crippen LogP contribution in [0.2, 0.25) is 0 Å². The summed E-state index contributed by atoms with van der Waals surface area (Å²) in [6.45, 7) is 7.81. The van der Waals surface area contributed by atoms with Crippen molar-refractivity contribution in [2.24, 2.45) is 4.99 Å². The van der Waals surface area contributed by atoms with Crippen LogP contribution in [0.15, 0.2) is 29.3 Å². The van der Waals surface area contributed by atoms with Crippen molar-refractivity contribution in [3.63, 3.8) is 0 Å². The molecule has 7 heteroatoms. The Hall–Kier alpha value is -1.63. The first kappa shape index (κ1) is 19.1. The van der Waals surface area contributed by atoms with Gasteiger partial charge in [-0.15, -0.1) is 0 Å². The largest absolute Gasteiger partial charge is 0.357 e. The normalized spacial score (nSPS) is 23.5. The lowest BCUT2D eigenvalue weighted by atomic mass is 9.96. The van der Waals surface area contributed by atoms with Gasteiger partial charge in [-0.3, -0.25) is 4.99 Å². The van der Waals surface area contributed by atoms with Gasteiger partial charge in [-0.25, -0.2) is 12.8 Å². The fourth-order valence-corrected chi connectivity index (χ4v) is 4.83. The van der Waals surface area contributed by atoms with Gasteiger partial charge >= 0.3 is 0 Å². The fraction of sp³-hybridized carbons (Fsp3) is 0.632. The van der Waals surface area contributed by atoms with Gasteiger partial charge in [0.25, 0.3) is 0 Å². The zero-order valence-electron chi connectivity index (χ0n) is 15.8. The van der Waals surface area contributed by atoms with Crippen LogP contribution >= 0.6 is 0 Å². The molecule has 1 aliphatic carbocycles. The number of nitrogens with zero attached hydrogens (tertiary/aromatic N) is 2. The number of aliphatic imine (C=N–C) groups is 1. The van der Waals surface area contributed by atoms with Crippen LogP contribution in [0.3, 0.4) is 0 Å². The summed E-state index contributed by atoms with van der Waals surface area (Å²) in [5.74, 6) is 0.690. The number of guanidine groups is 1. The summed E-state index contributed by atoms with van der Waals surface area (Å²) in [6, 6.07) is 6.70. The molecule has 1 aromatic carbocycles. The van der Waals surface area contributed by atoms with Crippen LogP contribution in [0.5, 0.6) is 0 Å². The first-order chi connectivity index (χ1) is 12.2. The topological polar surface area (TPSA) is 61.8 Å². The van der Waals surface area contributed by atoms with Crippen molar-refractivity contribution in [1.29, 1.82) is 0 Å². The molecule has 3 rings (SSSR count). The van der Waals surface area contributed by atoms with E-state index >= 15 is 0 Å². The number of rotatable bonds is 4. The third kappa shape index (κ3) is 3.72. The Labute approximate surface area is 155 Å². The smallest absolute Gasteiger partial charge is 0.194 e. The first-order valence-electron chi connectivity index (χ1n) is 9.21. The molecule has 1 saturated heterocycles. The molecule has 144 valence electrons. The molecule has 1 aliphatic heterocycles. The molecule has 0 amide bonds. The number of benzene rings is 1. The Morgan fingerprint density at radius 2 is 1.92 bits per heavy atom. The molecule has 0 atom stereocenters. The fourth-order valence-electron chi connectivity index (χ4n) is 3.47. The predicted molar refractivity (Wildman–Crippen MR) is 103 cm³/mol. The number of halogens is 1. The van der Waals surface area contributed by atoms with Crippen LogP contribution in [-0.4, -0.2) is 56.0 Å². The van der Waals surface area contributed by atoms with Gasteiger partial charge in [0.1, 0.15) is 5.82 Å². The zero-order chi connectivity index (χ0) is 19.0. The highest BCUT2D eigenvalue weighted by atomic mass is 32.2. The molecule has 0 unspecified atom stereocenters. The number of hydrogen-bond donors (Lipinski definition) is 1. The van der Waals surface area contributed by atoms with E-state index in [1.54, 1.807) is 13.8 Å². The SMILES string of the molecule is CCNC(=NCC1(c2ccc(F)cc2)CC1)N1CCS(=O)(=O)C(C)(C)C1. The van der Waals surface area contributed by atoms with E-state index in [1.165, 1.54) is 12.1 Å². The summed E-state index contributed by atoms with van der Waals surface area (Å²) in [7, 11) is -3.08. The first-order valence-corrected chi connectivity index (χ1v) is 10.9. The van der Waals surface area contributed by atoms with Crippen molar-refractivity contribution in [2.75, 3.05) is 31.9 Å². The third-order valence-corrected chi connectivity index (χ3v) is 8.05. The lowest BCUT2D eigenvalue weighted by molar-refractivity contribution is 0.353. The average molecular weight is 382 g/mol. The van der Waals surface area contributed by atoms with Crippen molar-refractivity contribution in [3.8, 4) is 0 Å². The molecule has 1 heterocycles. The molecule has 0 spiro atoms. The van der Waals surface area contributed by atoms with Gasteiger partial charge in [-0.1, -0.05) is 12.1 Å². The third-order valence-electron chi connectivity index (χ3n) is 5.52. The molecule has 26 heavy (non-hydrogen) atoms. The molecule has 1 N–H and O–H groups in total. The molecular weight excluding hydrogens is 353 g/mol. The molecule has 0 bridgehead atoms. The molecule has 0 radical (unpaired) electrons. The van der Waals surface area contributed by atoms with E-state index in [0.29, 0.717) is 19.6 Å². The Bertz CT molecular complexity index is 784. The molecule has 5 nitrogen and oxygen atoms in total. The maximum atomic E-state index is 13.2. The lowest BCUT2D eigenvalue weighted by Crippen LogP contribution is -2.57. The lowest BCUT2D eigenvalue weighted by Gasteiger charge is -2.39. The van der Waals surface area contributed by atoms with Gasteiger partial charge in [0, 0.05) is 25.0 Å². The van der Waals surface area contributed by atoms with Crippen LogP contribution < -0.4 is 5.32 Å². The molecule has 0 aromatic heterocycles. The standard InChI is InChI=1S/C19H28FN3O2S/c1-4-21-17(23-11-12-26(24,25)18(2,3)14-23)22-13-19(9-10-19)15-5-7-16(20)8-6-15/h5-8H,4,9-14H2,1-3H3,(H,21,22). The van der Waals surface area contributed by atoms with Crippen LogP contribution in [0.1, 0.15) is 39.2 Å². The number of sulfone groups is 1. The summed E-state index contributed by atoms with van der Waals surface area (Å²) < 4.78 is 36.9. The van der Waals surface area contributed by atoms with Crippen LogP contribution in [0.25, 0.3) is 0 Å². The van der Waals surface area contributed by atoms with E-state index in [1.807, 2.05) is 24.0 Å². The van der Waals surface area contributed by atoms with E-state index in [9.17, 15) is 12.8 Å². The molecule has 2 fully saturated rings. The zero-order valence-corrected chi connectivity index (χ0v) is 16.6. The number of nitrogens with one attached hydrogen (secondary N) is 1. The van der Waals surface area contributed by atoms with Gasteiger partial charge in [-0.05, 0) is 51.3 Å². The van der Waals surface area contributed by atoms with Crippen LogP contribution in [0, 0.1) is 5.82 Å². The van der Waals surface area contributed by atoms with E-state index < -0.39 is 14.6 Å². The van der Waals surface area contributed by atoms with Crippen molar-refractivity contribution in [2.45, 2.75) is 43.8 Å². The van der Waals surface area contributed by atoms with Gasteiger partial charge in [0.15, 0.2) is 15.8 Å². The summed E-state index contributed by atoms with van der Waals surface area (Å²) in [4.78, 5) is 6.87. The maximum absolute atomic E-state index is 13.2. The van der Waals surface area contributed by atoms with E-state index in [2.05, 4.69) is 5.32 Å². The van der Waals surface area contributed by atoms with Gasteiger partial charge < -0.3 is 10.2 Å². The molecule has 1 aromatic rings. The quantitative estimate of drug-likeness (QED) is 0.642. The average Bonchev–Trinajstić information content (AvgIpc) is 3.36. The van der Waals surface area contributed by atoms with Gasteiger partial charge in [0.05, 0.1) is 17.0 Å². The monoisotopic (exact) mass is 381 g/mol.